The number of imidazole rings is 1. The van der Waals surface area contributed by atoms with E-state index in [0.29, 0.717) is 17.8 Å². The summed E-state index contributed by atoms with van der Waals surface area (Å²) in [4.78, 5) is 4.35. The van der Waals surface area contributed by atoms with E-state index in [0.717, 1.165) is 16.9 Å². The third-order valence-corrected chi connectivity index (χ3v) is 2.64. The van der Waals surface area contributed by atoms with Gasteiger partial charge in [-0.15, -0.1) is 0 Å². The van der Waals surface area contributed by atoms with Crippen LogP contribution in [0.2, 0.25) is 0 Å². The zero-order valence-electron chi connectivity index (χ0n) is 9.07. The van der Waals surface area contributed by atoms with Crippen LogP contribution in [-0.4, -0.2) is 9.55 Å². The fourth-order valence-electron chi connectivity index (χ4n) is 1.72. The molecule has 2 aromatic rings. The maximum absolute atomic E-state index is 13.1. The third-order valence-electron chi connectivity index (χ3n) is 2.36. The van der Waals surface area contributed by atoms with Gasteiger partial charge >= 0.3 is 0 Å². The summed E-state index contributed by atoms with van der Waals surface area (Å²) in [6.07, 6.45) is 0. The largest absolute Gasteiger partial charge is 0.323 e. The van der Waals surface area contributed by atoms with E-state index < -0.39 is 0 Å². The first-order chi connectivity index (χ1) is 7.61. The summed E-state index contributed by atoms with van der Waals surface area (Å²) < 4.78 is 15.1. The summed E-state index contributed by atoms with van der Waals surface area (Å²) in [5.41, 5.74) is 2.63. The number of thiol groups is 1. The van der Waals surface area contributed by atoms with Gasteiger partial charge in [0.25, 0.3) is 0 Å². The van der Waals surface area contributed by atoms with Gasteiger partial charge in [0, 0.05) is 18.4 Å². The molecule has 0 aliphatic heterocycles. The van der Waals surface area contributed by atoms with E-state index in [2.05, 4.69) is 24.2 Å². The predicted octanol–water partition coefficient (Wildman–Crippen LogP) is 3.18. The highest BCUT2D eigenvalue weighted by atomic mass is 32.1. The Morgan fingerprint density at radius 2 is 2.31 bits per heavy atom. The molecule has 0 aliphatic carbocycles. The quantitative estimate of drug-likeness (QED) is 0.640. The number of rotatable bonds is 3. The summed E-state index contributed by atoms with van der Waals surface area (Å²) in [6.45, 7) is 6.53. The maximum atomic E-state index is 13.1. The van der Waals surface area contributed by atoms with Gasteiger partial charge in [-0.25, -0.2) is 9.37 Å². The van der Waals surface area contributed by atoms with Gasteiger partial charge in [-0.05, 0) is 19.1 Å². The minimum absolute atomic E-state index is 0.266. The van der Waals surface area contributed by atoms with Crippen LogP contribution in [0.3, 0.4) is 0 Å². The number of aromatic nitrogens is 2. The molecule has 0 fully saturated rings. The van der Waals surface area contributed by atoms with Crippen LogP contribution in [0.25, 0.3) is 11.0 Å². The normalized spacial score (nSPS) is 10.9. The van der Waals surface area contributed by atoms with Crippen LogP contribution >= 0.6 is 12.6 Å². The van der Waals surface area contributed by atoms with Crippen molar-refractivity contribution in [1.29, 1.82) is 0 Å². The van der Waals surface area contributed by atoms with E-state index in [-0.39, 0.29) is 5.82 Å². The van der Waals surface area contributed by atoms with Crippen molar-refractivity contribution in [2.24, 2.45) is 0 Å². The molecule has 0 amide bonds. The summed E-state index contributed by atoms with van der Waals surface area (Å²) in [5, 5.41) is 0. The van der Waals surface area contributed by atoms with Crippen molar-refractivity contribution in [3.63, 3.8) is 0 Å². The molecule has 16 heavy (non-hydrogen) atoms. The summed E-state index contributed by atoms with van der Waals surface area (Å²) in [6, 6.07) is 4.63. The van der Waals surface area contributed by atoms with Crippen LogP contribution in [0, 0.1) is 5.82 Å². The van der Waals surface area contributed by atoms with Crippen molar-refractivity contribution in [3.8, 4) is 0 Å². The minimum Gasteiger partial charge on any atom is -0.323 e. The van der Waals surface area contributed by atoms with E-state index in [1.54, 1.807) is 6.07 Å². The van der Waals surface area contributed by atoms with Gasteiger partial charge in [0.15, 0.2) is 0 Å². The predicted molar refractivity (Wildman–Crippen MR) is 67.2 cm³/mol. The van der Waals surface area contributed by atoms with Crippen molar-refractivity contribution in [3.05, 3.63) is 42.0 Å². The van der Waals surface area contributed by atoms with Gasteiger partial charge in [-0.1, -0.05) is 12.2 Å². The van der Waals surface area contributed by atoms with E-state index in [1.807, 2.05) is 11.5 Å². The monoisotopic (exact) mass is 236 g/mol. The highest BCUT2D eigenvalue weighted by Crippen LogP contribution is 2.19. The Morgan fingerprint density at radius 3 is 2.94 bits per heavy atom. The summed E-state index contributed by atoms with van der Waals surface area (Å²) in [5.74, 6) is 1.11. The molecule has 0 atom stereocenters. The van der Waals surface area contributed by atoms with E-state index >= 15 is 0 Å². The molecule has 1 aromatic heterocycles. The lowest BCUT2D eigenvalue weighted by atomic mass is 10.3. The molecule has 2 nitrogen and oxygen atoms in total. The summed E-state index contributed by atoms with van der Waals surface area (Å²) >= 11 is 4.23. The molecule has 0 saturated carbocycles. The first-order valence-corrected chi connectivity index (χ1v) is 5.65. The Balaban J connectivity index is 2.63. The lowest BCUT2D eigenvalue weighted by molar-refractivity contribution is 0.629. The Bertz CT molecular complexity index is 545. The molecular formula is C12H13FN2S. The third kappa shape index (κ3) is 1.97. The molecule has 1 heterocycles. The number of nitrogens with zero attached hydrogens (tertiary/aromatic N) is 2. The van der Waals surface area contributed by atoms with Crippen LogP contribution in [-0.2, 0) is 12.3 Å². The highest BCUT2D eigenvalue weighted by Gasteiger charge is 2.09. The molecule has 0 radical (unpaired) electrons. The zero-order chi connectivity index (χ0) is 11.7. The zero-order valence-corrected chi connectivity index (χ0v) is 9.97. The molecule has 2 rings (SSSR count). The molecule has 0 saturated heterocycles. The second kappa shape index (κ2) is 4.29. The molecule has 0 unspecified atom stereocenters. The Hall–Kier alpha value is -1.29. The summed E-state index contributed by atoms with van der Waals surface area (Å²) in [7, 11) is 0. The minimum atomic E-state index is -0.266. The SMILES string of the molecule is C=C(C)Cn1c(CS)nc2cc(F)ccc21. The van der Waals surface area contributed by atoms with Gasteiger partial charge < -0.3 is 4.57 Å². The van der Waals surface area contributed by atoms with Crippen LogP contribution in [0.15, 0.2) is 30.4 Å². The van der Waals surface area contributed by atoms with Crippen molar-refractivity contribution in [2.45, 2.75) is 19.2 Å². The number of hydrogen-bond donors (Lipinski definition) is 1. The highest BCUT2D eigenvalue weighted by molar-refractivity contribution is 7.79. The number of hydrogen-bond acceptors (Lipinski definition) is 2. The van der Waals surface area contributed by atoms with Crippen LogP contribution in [0.1, 0.15) is 12.7 Å². The lowest BCUT2D eigenvalue weighted by Gasteiger charge is -2.06. The van der Waals surface area contributed by atoms with E-state index in [1.165, 1.54) is 12.1 Å². The molecule has 0 aliphatic rings. The van der Waals surface area contributed by atoms with Crippen molar-refractivity contribution in [2.75, 3.05) is 0 Å². The van der Waals surface area contributed by atoms with E-state index in [9.17, 15) is 4.39 Å². The molecule has 0 N–H and O–H groups in total. The lowest BCUT2D eigenvalue weighted by Crippen LogP contribution is -2.02. The molecular weight excluding hydrogens is 223 g/mol. The van der Waals surface area contributed by atoms with Gasteiger partial charge in [0.1, 0.15) is 11.6 Å². The average molecular weight is 236 g/mol. The second-order valence-corrected chi connectivity index (χ2v) is 4.18. The fourth-order valence-corrected chi connectivity index (χ4v) is 1.96. The first kappa shape index (κ1) is 11.2. The van der Waals surface area contributed by atoms with E-state index in [4.69, 9.17) is 0 Å². The fraction of sp³-hybridized carbons (Fsp3) is 0.250. The number of halogens is 1. The van der Waals surface area contributed by atoms with Crippen molar-refractivity contribution >= 4 is 23.7 Å². The van der Waals surface area contributed by atoms with Gasteiger partial charge in [-0.2, -0.15) is 12.6 Å². The van der Waals surface area contributed by atoms with Gasteiger partial charge in [0.2, 0.25) is 0 Å². The van der Waals surface area contributed by atoms with Crippen molar-refractivity contribution < 1.29 is 4.39 Å². The Morgan fingerprint density at radius 1 is 1.56 bits per heavy atom. The molecule has 0 spiro atoms. The Labute approximate surface area is 99.2 Å². The molecule has 0 bridgehead atoms. The molecule has 4 heteroatoms. The second-order valence-electron chi connectivity index (χ2n) is 3.86. The van der Waals surface area contributed by atoms with Gasteiger partial charge in [-0.3, -0.25) is 0 Å². The molecule has 1 aromatic carbocycles. The van der Waals surface area contributed by atoms with Gasteiger partial charge in [0.05, 0.1) is 11.0 Å². The Kier molecular flexibility index (Phi) is 3.01. The molecule has 84 valence electrons. The van der Waals surface area contributed by atoms with Crippen LogP contribution in [0.4, 0.5) is 4.39 Å². The average Bonchev–Trinajstić information content (AvgIpc) is 2.55. The smallest absolute Gasteiger partial charge is 0.125 e. The first-order valence-electron chi connectivity index (χ1n) is 5.01. The van der Waals surface area contributed by atoms with Crippen LogP contribution < -0.4 is 0 Å². The van der Waals surface area contributed by atoms with Crippen LogP contribution in [0.5, 0.6) is 0 Å². The number of benzene rings is 1. The standard InChI is InChI=1S/C12H13FN2S/c1-8(2)6-15-11-4-3-9(13)5-10(11)14-12(15)7-16/h3-5,16H,1,6-7H2,2H3. The number of fused-ring (bicyclic) bond motifs is 1. The topological polar surface area (TPSA) is 17.8 Å². The number of allylic oxidation sites excluding steroid dienone is 1. The maximum Gasteiger partial charge on any atom is 0.125 e. The van der Waals surface area contributed by atoms with Crippen molar-refractivity contribution in [1.82, 2.24) is 9.55 Å².